The summed E-state index contributed by atoms with van der Waals surface area (Å²) in [6.45, 7) is 12.4. The average Bonchev–Trinajstić information content (AvgIpc) is 2.42. The van der Waals surface area contributed by atoms with Crippen LogP contribution in [0.25, 0.3) is 0 Å². The summed E-state index contributed by atoms with van der Waals surface area (Å²) in [5, 5.41) is 3.46. The normalized spacial score (nSPS) is 14.0. The van der Waals surface area contributed by atoms with Crippen molar-refractivity contribution in [1.82, 2.24) is 5.32 Å². The van der Waals surface area contributed by atoms with Crippen LogP contribution in [0.15, 0.2) is 35.9 Å². The Morgan fingerprint density at radius 1 is 1.26 bits per heavy atom. The van der Waals surface area contributed by atoms with Crippen molar-refractivity contribution in [1.29, 1.82) is 0 Å². The van der Waals surface area contributed by atoms with Crippen LogP contribution in [0.3, 0.4) is 0 Å². The van der Waals surface area contributed by atoms with Gasteiger partial charge in [0.2, 0.25) is 0 Å². The van der Waals surface area contributed by atoms with Crippen LogP contribution in [0, 0.1) is 5.92 Å². The molecule has 1 rings (SSSR count). The molecule has 4 nitrogen and oxygen atoms in total. The number of nitrogens with one attached hydrogen (secondary N) is 1. The molecule has 23 heavy (non-hydrogen) atoms. The molecule has 0 radical (unpaired) electrons. The fourth-order valence-electron chi connectivity index (χ4n) is 2.33. The molecule has 128 valence electrons. The fraction of sp³-hybridized carbons (Fsp3) is 0.526. The second kappa shape index (κ2) is 8.16. The maximum absolute atomic E-state index is 12.4. The molecule has 0 spiro atoms. The summed E-state index contributed by atoms with van der Waals surface area (Å²) in [6.07, 6.45) is 1.84. The standard InChI is InChI=1S/C19H30N2O2/c1-7-16(18(22)23-19(4,5)6)17(13(2)3)21-12-14-8-10-15(20)11-9-14/h7-11,13,17,21H,12,20H2,1-6H3/b16-7-/t17-/m0/s1. The summed E-state index contributed by atoms with van der Waals surface area (Å²) < 4.78 is 5.53. The summed E-state index contributed by atoms with van der Waals surface area (Å²) in [5.41, 5.74) is 7.76. The molecular weight excluding hydrogens is 288 g/mol. The van der Waals surface area contributed by atoms with Gasteiger partial charge in [-0.25, -0.2) is 4.79 Å². The molecule has 4 heteroatoms. The lowest BCUT2D eigenvalue weighted by molar-refractivity contribution is -0.150. The summed E-state index contributed by atoms with van der Waals surface area (Å²) in [6, 6.07) is 7.68. The van der Waals surface area contributed by atoms with Gasteiger partial charge in [0.1, 0.15) is 5.60 Å². The molecule has 0 bridgehead atoms. The van der Waals surface area contributed by atoms with Gasteiger partial charge < -0.3 is 15.8 Å². The van der Waals surface area contributed by atoms with E-state index >= 15 is 0 Å². The Morgan fingerprint density at radius 3 is 2.26 bits per heavy atom. The van der Waals surface area contributed by atoms with Crippen molar-refractivity contribution in [2.24, 2.45) is 5.92 Å². The van der Waals surface area contributed by atoms with Gasteiger partial charge in [-0.15, -0.1) is 0 Å². The molecule has 0 fully saturated rings. The third-order valence-electron chi connectivity index (χ3n) is 3.45. The Hall–Kier alpha value is -1.81. The largest absolute Gasteiger partial charge is 0.457 e. The van der Waals surface area contributed by atoms with E-state index < -0.39 is 5.60 Å². The number of benzene rings is 1. The number of ether oxygens (including phenoxy) is 1. The highest BCUT2D eigenvalue weighted by Crippen LogP contribution is 2.19. The molecule has 0 unspecified atom stereocenters. The number of carbonyl (C=O) groups is 1. The quantitative estimate of drug-likeness (QED) is 0.477. The minimum Gasteiger partial charge on any atom is -0.457 e. The molecule has 0 aliphatic heterocycles. The van der Waals surface area contributed by atoms with Crippen LogP contribution in [0.2, 0.25) is 0 Å². The van der Waals surface area contributed by atoms with Crippen LogP contribution in [0.4, 0.5) is 5.69 Å². The Morgan fingerprint density at radius 2 is 1.83 bits per heavy atom. The molecule has 3 N–H and O–H groups in total. The molecule has 0 aliphatic rings. The summed E-state index contributed by atoms with van der Waals surface area (Å²) in [4.78, 5) is 12.4. The number of nitrogen functional groups attached to an aromatic ring is 1. The van der Waals surface area contributed by atoms with Crippen molar-refractivity contribution in [2.45, 2.75) is 59.7 Å². The molecule has 0 saturated carbocycles. The number of hydrogen-bond acceptors (Lipinski definition) is 4. The third kappa shape index (κ3) is 6.45. The molecule has 0 aromatic heterocycles. The maximum Gasteiger partial charge on any atom is 0.335 e. The summed E-state index contributed by atoms with van der Waals surface area (Å²) in [7, 11) is 0. The number of rotatable bonds is 6. The number of allylic oxidation sites excluding steroid dienone is 1. The molecule has 1 atom stereocenters. The van der Waals surface area contributed by atoms with Crippen molar-refractivity contribution >= 4 is 11.7 Å². The van der Waals surface area contributed by atoms with E-state index in [1.54, 1.807) is 0 Å². The lowest BCUT2D eigenvalue weighted by atomic mass is 9.95. The highest BCUT2D eigenvalue weighted by Gasteiger charge is 2.27. The van der Waals surface area contributed by atoms with Crippen LogP contribution in [0.1, 0.15) is 47.1 Å². The maximum atomic E-state index is 12.4. The van der Waals surface area contributed by atoms with Crippen molar-refractivity contribution < 1.29 is 9.53 Å². The molecule has 0 aliphatic carbocycles. The first-order valence-electron chi connectivity index (χ1n) is 8.11. The summed E-state index contributed by atoms with van der Waals surface area (Å²) >= 11 is 0. The lowest BCUT2D eigenvalue weighted by Gasteiger charge is -2.27. The lowest BCUT2D eigenvalue weighted by Crippen LogP contribution is -2.39. The third-order valence-corrected chi connectivity index (χ3v) is 3.45. The van der Waals surface area contributed by atoms with Crippen molar-refractivity contribution in [3.8, 4) is 0 Å². The first kappa shape index (κ1) is 19.2. The van der Waals surface area contributed by atoms with E-state index in [4.69, 9.17) is 10.5 Å². The monoisotopic (exact) mass is 318 g/mol. The zero-order chi connectivity index (χ0) is 17.6. The van der Waals surface area contributed by atoms with E-state index in [0.717, 1.165) is 11.3 Å². The molecule has 0 saturated heterocycles. The van der Waals surface area contributed by atoms with Gasteiger partial charge >= 0.3 is 5.97 Å². The molecular formula is C19H30N2O2. The van der Waals surface area contributed by atoms with E-state index in [-0.39, 0.29) is 17.9 Å². The van der Waals surface area contributed by atoms with Gasteiger partial charge in [-0.3, -0.25) is 0 Å². The van der Waals surface area contributed by atoms with E-state index in [1.165, 1.54) is 0 Å². The van der Waals surface area contributed by atoms with Gasteiger partial charge in [0.25, 0.3) is 0 Å². The average molecular weight is 318 g/mol. The SMILES string of the molecule is C/C=C(\C(=O)OC(C)(C)C)[C@@H](NCc1ccc(N)cc1)C(C)C. The van der Waals surface area contributed by atoms with Gasteiger partial charge in [-0.05, 0) is 51.3 Å². The van der Waals surface area contributed by atoms with Gasteiger partial charge in [0.15, 0.2) is 0 Å². The molecule has 1 aromatic rings. The number of anilines is 1. The molecule has 0 amide bonds. The van der Waals surface area contributed by atoms with Gasteiger partial charge in [-0.2, -0.15) is 0 Å². The second-order valence-corrected chi connectivity index (χ2v) is 7.09. The van der Waals surface area contributed by atoms with Crippen LogP contribution >= 0.6 is 0 Å². The smallest absolute Gasteiger partial charge is 0.335 e. The van der Waals surface area contributed by atoms with E-state index in [9.17, 15) is 4.79 Å². The number of esters is 1. The molecule has 0 heterocycles. The van der Waals surface area contributed by atoms with Gasteiger partial charge in [0, 0.05) is 18.3 Å². The topological polar surface area (TPSA) is 64.3 Å². The minimum absolute atomic E-state index is 0.0626. The van der Waals surface area contributed by atoms with Gasteiger partial charge in [-0.1, -0.05) is 32.1 Å². The predicted molar refractivity (Wildman–Crippen MR) is 95.9 cm³/mol. The van der Waals surface area contributed by atoms with Crippen LogP contribution in [-0.2, 0) is 16.1 Å². The molecule has 1 aromatic carbocycles. The van der Waals surface area contributed by atoms with Gasteiger partial charge in [0.05, 0.1) is 5.57 Å². The Labute approximate surface area is 140 Å². The van der Waals surface area contributed by atoms with E-state index in [1.807, 2.05) is 58.0 Å². The van der Waals surface area contributed by atoms with Crippen LogP contribution < -0.4 is 11.1 Å². The van der Waals surface area contributed by atoms with Crippen molar-refractivity contribution in [3.05, 3.63) is 41.5 Å². The number of nitrogens with two attached hydrogens (primary N) is 1. The van der Waals surface area contributed by atoms with Crippen LogP contribution in [-0.4, -0.2) is 17.6 Å². The fourth-order valence-corrected chi connectivity index (χ4v) is 2.33. The minimum atomic E-state index is -0.496. The Kier molecular flexibility index (Phi) is 6.82. The van der Waals surface area contributed by atoms with Crippen molar-refractivity contribution in [3.63, 3.8) is 0 Å². The van der Waals surface area contributed by atoms with E-state index in [0.29, 0.717) is 12.1 Å². The Balaban J connectivity index is 2.83. The zero-order valence-electron chi connectivity index (χ0n) is 15.1. The zero-order valence-corrected chi connectivity index (χ0v) is 15.1. The van der Waals surface area contributed by atoms with Crippen molar-refractivity contribution in [2.75, 3.05) is 5.73 Å². The van der Waals surface area contributed by atoms with E-state index in [2.05, 4.69) is 19.2 Å². The number of hydrogen-bond donors (Lipinski definition) is 2. The summed E-state index contributed by atoms with van der Waals surface area (Å²) in [5.74, 6) is 0.00556. The highest BCUT2D eigenvalue weighted by atomic mass is 16.6. The first-order valence-corrected chi connectivity index (χ1v) is 8.11. The van der Waals surface area contributed by atoms with Crippen LogP contribution in [0.5, 0.6) is 0 Å². The predicted octanol–water partition coefficient (Wildman–Crippen LogP) is 3.67. The highest BCUT2D eigenvalue weighted by molar-refractivity contribution is 5.90. The Bertz CT molecular complexity index is 539. The first-order chi connectivity index (χ1) is 10.6. The number of carbonyl (C=O) groups excluding carboxylic acids is 1. The second-order valence-electron chi connectivity index (χ2n) is 7.09.